The summed E-state index contributed by atoms with van der Waals surface area (Å²) in [7, 11) is 0. The molecule has 7 nitrogen and oxygen atoms in total. The van der Waals surface area contributed by atoms with Gasteiger partial charge in [0.15, 0.2) is 0 Å². The first-order chi connectivity index (χ1) is 14.9. The van der Waals surface area contributed by atoms with E-state index in [1.54, 1.807) is 34.8 Å². The SMILES string of the molecule is CC(C)(C(N)=O)c1ccc(N(Cc2ccsc2)C(=O)Cn2nnc3ccccc32)cc1. The van der Waals surface area contributed by atoms with Crippen LogP contribution in [0.25, 0.3) is 11.0 Å². The van der Waals surface area contributed by atoms with Gasteiger partial charge in [-0.25, -0.2) is 4.68 Å². The van der Waals surface area contributed by atoms with Gasteiger partial charge in [-0.2, -0.15) is 11.3 Å². The molecule has 0 radical (unpaired) electrons. The fraction of sp³-hybridized carbons (Fsp3) is 0.217. The number of benzene rings is 2. The molecule has 8 heteroatoms. The highest BCUT2D eigenvalue weighted by atomic mass is 32.1. The van der Waals surface area contributed by atoms with E-state index in [4.69, 9.17) is 5.73 Å². The highest BCUT2D eigenvalue weighted by molar-refractivity contribution is 7.07. The van der Waals surface area contributed by atoms with E-state index in [0.29, 0.717) is 6.54 Å². The lowest BCUT2D eigenvalue weighted by molar-refractivity contribution is -0.122. The first kappa shape index (κ1) is 20.7. The molecule has 0 spiro atoms. The normalized spacial score (nSPS) is 11.5. The lowest BCUT2D eigenvalue weighted by Gasteiger charge is -2.25. The molecule has 2 N–H and O–H groups in total. The Morgan fingerprint density at radius 1 is 1.10 bits per heavy atom. The Kier molecular flexibility index (Phi) is 5.56. The number of carbonyl (C=O) groups is 2. The van der Waals surface area contributed by atoms with Gasteiger partial charge >= 0.3 is 0 Å². The molecule has 4 rings (SSSR count). The van der Waals surface area contributed by atoms with Crippen LogP contribution >= 0.6 is 11.3 Å². The van der Waals surface area contributed by atoms with Crippen LogP contribution in [-0.4, -0.2) is 26.8 Å². The number of hydrogen-bond acceptors (Lipinski definition) is 5. The Morgan fingerprint density at radius 2 is 1.84 bits per heavy atom. The molecule has 0 fully saturated rings. The van der Waals surface area contributed by atoms with Crippen LogP contribution in [0.2, 0.25) is 0 Å². The maximum absolute atomic E-state index is 13.3. The van der Waals surface area contributed by atoms with Crippen molar-refractivity contribution in [1.29, 1.82) is 0 Å². The summed E-state index contributed by atoms with van der Waals surface area (Å²) in [6, 6.07) is 16.9. The minimum Gasteiger partial charge on any atom is -0.369 e. The topological polar surface area (TPSA) is 94.1 Å². The fourth-order valence-corrected chi connectivity index (χ4v) is 4.00. The van der Waals surface area contributed by atoms with Gasteiger partial charge in [0, 0.05) is 5.69 Å². The van der Waals surface area contributed by atoms with Gasteiger partial charge in [-0.05, 0) is 66.1 Å². The maximum Gasteiger partial charge on any atom is 0.249 e. The monoisotopic (exact) mass is 433 g/mol. The average molecular weight is 434 g/mol. The molecule has 0 aliphatic rings. The van der Waals surface area contributed by atoms with Crippen LogP contribution in [0.5, 0.6) is 0 Å². The van der Waals surface area contributed by atoms with Crippen molar-refractivity contribution in [2.24, 2.45) is 5.73 Å². The van der Waals surface area contributed by atoms with Crippen molar-refractivity contribution < 1.29 is 9.59 Å². The zero-order valence-electron chi connectivity index (χ0n) is 17.4. The van der Waals surface area contributed by atoms with E-state index >= 15 is 0 Å². The number of para-hydroxylation sites is 1. The number of primary amides is 1. The van der Waals surface area contributed by atoms with Gasteiger partial charge in [0.2, 0.25) is 11.8 Å². The van der Waals surface area contributed by atoms with Crippen molar-refractivity contribution >= 4 is 39.9 Å². The van der Waals surface area contributed by atoms with E-state index in [0.717, 1.165) is 27.8 Å². The molecule has 2 heterocycles. The number of anilines is 1. The standard InChI is InChI=1S/C23H23N5O2S/c1-23(2,22(24)30)17-7-9-18(10-8-17)27(13-16-11-12-31-15-16)21(29)14-28-20-6-4-3-5-19(20)25-26-28/h3-12,15H,13-14H2,1-2H3,(H2,24,30). The largest absolute Gasteiger partial charge is 0.369 e. The second-order valence-electron chi connectivity index (χ2n) is 7.88. The highest BCUT2D eigenvalue weighted by Crippen LogP contribution is 2.27. The number of hydrogen-bond donors (Lipinski definition) is 1. The lowest BCUT2D eigenvalue weighted by Crippen LogP contribution is -2.36. The molecule has 0 saturated carbocycles. The van der Waals surface area contributed by atoms with E-state index in [2.05, 4.69) is 10.3 Å². The number of thiophene rings is 1. The third-order valence-electron chi connectivity index (χ3n) is 5.44. The van der Waals surface area contributed by atoms with E-state index in [1.807, 2.05) is 65.4 Å². The van der Waals surface area contributed by atoms with Crippen molar-refractivity contribution in [3.05, 3.63) is 76.5 Å². The van der Waals surface area contributed by atoms with Crippen molar-refractivity contribution in [3.8, 4) is 0 Å². The van der Waals surface area contributed by atoms with Gasteiger partial charge in [-0.15, -0.1) is 5.10 Å². The maximum atomic E-state index is 13.3. The molecule has 158 valence electrons. The molecule has 0 atom stereocenters. The highest BCUT2D eigenvalue weighted by Gasteiger charge is 2.27. The molecule has 31 heavy (non-hydrogen) atoms. The summed E-state index contributed by atoms with van der Waals surface area (Å²) in [6.45, 7) is 4.08. The summed E-state index contributed by atoms with van der Waals surface area (Å²) >= 11 is 1.59. The number of nitrogens with two attached hydrogens (primary N) is 1. The summed E-state index contributed by atoms with van der Waals surface area (Å²) in [6.07, 6.45) is 0. The minimum absolute atomic E-state index is 0.0686. The Morgan fingerprint density at radius 3 is 2.52 bits per heavy atom. The van der Waals surface area contributed by atoms with Gasteiger partial charge in [-0.3, -0.25) is 9.59 Å². The van der Waals surface area contributed by atoms with Crippen LogP contribution in [0.3, 0.4) is 0 Å². The average Bonchev–Trinajstić information content (AvgIpc) is 3.42. The van der Waals surface area contributed by atoms with E-state index < -0.39 is 11.3 Å². The van der Waals surface area contributed by atoms with Crippen molar-refractivity contribution in [2.75, 3.05) is 4.90 Å². The quantitative estimate of drug-likeness (QED) is 0.483. The van der Waals surface area contributed by atoms with Crippen molar-refractivity contribution in [3.63, 3.8) is 0 Å². The van der Waals surface area contributed by atoms with E-state index in [1.165, 1.54) is 0 Å². The Bertz CT molecular complexity index is 1210. The molecule has 0 unspecified atom stereocenters. The van der Waals surface area contributed by atoms with Gasteiger partial charge < -0.3 is 10.6 Å². The van der Waals surface area contributed by atoms with Crippen molar-refractivity contribution in [1.82, 2.24) is 15.0 Å². The number of carbonyl (C=O) groups excluding carboxylic acids is 2. The fourth-order valence-electron chi connectivity index (χ4n) is 3.34. The van der Waals surface area contributed by atoms with Gasteiger partial charge in [-0.1, -0.05) is 29.5 Å². The first-order valence-electron chi connectivity index (χ1n) is 9.86. The van der Waals surface area contributed by atoms with Crippen LogP contribution in [0, 0.1) is 0 Å². The van der Waals surface area contributed by atoms with Crippen LogP contribution in [0.4, 0.5) is 5.69 Å². The number of rotatable bonds is 7. The van der Waals surface area contributed by atoms with E-state index in [9.17, 15) is 9.59 Å². The Labute approximate surface area is 184 Å². The minimum atomic E-state index is -0.791. The molecule has 4 aromatic rings. The van der Waals surface area contributed by atoms with Crippen LogP contribution < -0.4 is 10.6 Å². The van der Waals surface area contributed by atoms with Gasteiger partial charge in [0.1, 0.15) is 12.1 Å². The zero-order chi connectivity index (χ0) is 22.0. The van der Waals surface area contributed by atoms with Crippen LogP contribution in [0.1, 0.15) is 25.0 Å². The van der Waals surface area contributed by atoms with Crippen LogP contribution in [0.15, 0.2) is 65.4 Å². The second kappa shape index (κ2) is 8.31. The Hall–Kier alpha value is -3.52. The van der Waals surface area contributed by atoms with Gasteiger partial charge in [0.25, 0.3) is 0 Å². The van der Waals surface area contributed by atoms with E-state index in [-0.39, 0.29) is 12.5 Å². The summed E-state index contributed by atoms with van der Waals surface area (Å²) in [5.41, 5.74) is 8.89. The number of fused-ring (bicyclic) bond motifs is 1. The second-order valence-corrected chi connectivity index (χ2v) is 8.66. The number of nitrogens with zero attached hydrogens (tertiary/aromatic N) is 4. The molecular formula is C23H23N5O2S. The smallest absolute Gasteiger partial charge is 0.249 e. The summed E-state index contributed by atoms with van der Waals surface area (Å²) in [5, 5.41) is 12.3. The third kappa shape index (κ3) is 4.20. The third-order valence-corrected chi connectivity index (χ3v) is 6.18. The molecule has 0 aliphatic carbocycles. The summed E-state index contributed by atoms with van der Waals surface area (Å²) < 4.78 is 1.61. The lowest BCUT2D eigenvalue weighted by atomic mass is 9.84. The molecule has 0 bridgehead atoms. The predicted octanol–water partition coefficient (Wildman–Crippen LogP) is 3.49. The Balaban J connectivity index is 1.64. The first-order valence-corrected chi connectivity index (χ1v) is 10.8. The molecule has 2 aromatic heterocycles. The number of aromatic nitrogens is 3. The summed E-state index contributed by atoms with van der Waals surface area (Å²) in [4.78, 5) is 26.8. The molecule has 2 amide bonds. The predicted molar refractivity (Wildman–Crippen MR) is 122 cm³/mol. The molecule has 0 saturated heterocycles. The summed E-state index contributed by atoms with van der Waals surface area (Å²) in [5.74, 6) is -0.506. The molecular weight excluding hydrogens is 410 g/mol. The molecule has 2 aromatic carbocycles. The van der Waals surface area contributed by atoms with Crippen LogP contribution in [-0.2, 0) is 28.1 Å². The number of amides is 2. The molecule has 0 aliphatic heterocycles. The zero-order valence-corrected chi connectivity index (χ0v) is 18.2. The van der Waals surface area contributed by atoms with Crippen molar-refractivity contribution in [2.45, 2.75) is 32.4 Å². The van der Waals surface area contributed by atoms with Gasteiger partial charge in [0.05, 0.1) is 17.5 Å².